The van der Waals surface area contributed by atoms with E-state index in [0.717, 1.165) is 18.5 Å². The molecule has 0 heterocycles. The maximum atomic E-state index is 11.8. The lowest BCUT2D eigenvalue weighted by Gasteiger charge is -2.36. The van der Waals surface area contributed by atoms with Crippen LogP contribution in [0.4, 0.5) is 0 Å². The van der Waals surface area contributed by atoms with Gasteiger partial charge in [0.1, 0.15) is 0 Å². The van der Waals surface area contributed by atoms with E-state index in [2.05, 4.69) is 11.4 Å². The third kappa shape index (κ3) is 2.75. The molecule has 2 aliphatic carbocycles. The van der Waals surface area contributed by atoms with E-state index in [1.807, 2.05) is 13.8 Å². The van der Waals surface area contributed by atoms with Crippen molar-refractivity contribution < 1.29 is 4.79 Å². The third-order valence-electron chi connectivity index (χ3n) is 4.14. The molecule has 2 rings (SSSR count). The largest absolute Gasteiger partial charge is 0.384 e. The lowest BCUT2D eigenvalue weighted by molar-refractivity contribution is -0.117. The SMILES string of the molecule is CC1(C)CC(=O)C=C(NC2CCCCC2)C1C#N. The Hall–Kier alpha value is -1.30. The van der Waals surface area contributed by atoms with Gasteiger partial charge in [0, 0.05) is 24.2 Å². The summed E-state index contributed by atoms with van der Waals surface area (Å²) in [4.78, 5) is 11.8. The van der Waals surface area contributed by atoms with Crippen LogP contribution in [0.3, 0.4) is 0 Å². The highest BCUT2D eigenvalue weighted by Gasteiger charge is 2.38. The van der Waals surface area contributed by atoms with Gasteiger partial charge < -0.3 is 5.32 Å². The molecule has 98 valence electrons. The van der Waals surface area contributed by atoms with Crippen LogP contribution in [0, 0.1) is 22.7 Å². The standard InChI is InChI=1S/C15H22N2O/c1-15(2)9-12(18)8-14(13(15)10-16)17-11-6-4-3-5-7-11/h8,11,13,17H,3-7,9H2,1-2H3. The van der Waals surface area contributed by atoms with Gasteiger partial charge in [-0.1, -0.05) is 33.1 Å². The van der Waals surface area contributed by atoms with Crippen molar-refractivity contribution in [2.45, 2.75) is 58.4 Å². The summed E-state index contributed by atoms with van der Waals surface area (Å²) in [6.45, 7) is 4.02. The Morgan fingerprint density at radius 3 is 2.61 bits per heavy atom. The first-order chi connectivity index (χ1) is 8.53. The molecule has 0 amide bonds. The van der Waals surface area contributed by atoms with Gasteiger partial charge in [-0.05, 0) is 18.3 Å². The number of nitrogens with one attached hydrogen (secondary N) is 1. The topological polar surface area (TPSA) is 52.9 Å². The van der Waals surface area contributed by atoms with Crippen LogP contribution in [-0.2, 0) is 4.79 Å². The fourth-order valence-electron chi connectivity index (χ4n) is 3.13. The second-order valence-electron chi connectivity index (χ2n) is 6.27. The normalized spacial score (nSPS) is 28.4. The maximum Gasteiger partial charge on any atom is 0.158 e. The Bertz CT molecular complexity index is 397. The van der Waals surface area contributed by atoms with Crippen LogP contribution in [0.2, 0.25) is 0 Å². The zero-order chi connectivity index (χ0) is 13.2. The molecule has 1 fully saturated rings. The van der Waals surface area contributed by atoms with Gasteiger partial charge in [0.2, 0.25) is 0 Å². The molecule has 0 aromatic heterocycles. The van der Waals surface area contributed by atoms with Crippen LogP contribution >= 0.6 is 0 Å². The Labute approximate surface area is 109 Å². The minimum atomic E-state index is -0.252. The van der Waals surface area contributed by atoms with Gasteiger partial charge in [-0.25, -0.2) is 0 Å². The first-order valence-electron chi connectivity index (χ1n) is 6.93. The number of carbonyl (C=O) groups is 1. The number of hydrogen-bond acceptors (Lipinski definition) is 3. The summed E-state index contributed by atoms with van der Waals surface area (Å²) in [7, 11) is 0. The number of hydrogen-bond donors (Lipinski definition) is 1. The third-order valence-corrected chi connectivity index (χ3v) is 4.14. The summed E-state index contributed by atoms with van der Waals surface area (Å²) in [5.74, 6) is -0.0399. The van der Waals surface area contributed by atoms with E-state index in [1.54, 1.807) is 6.08 Å². The smallest absolute Gasteiger partial charge is 0.158 e. The summed E-state index contributed by atoms with van der Waals surface area (Å²) < 4.78 is 0. The van der Waals surface area contributed by atoms with Crippen LogP contribution in [-0.4, -0.2) is 11.8 Å². The molecular weight excluding hydrogens is 224 g/mol. The molecule has 0 saturated heterocycles. The Balaban J connectivity index is 2.13. The fraction of sp³-hybridized carbons (Fsp3) is 0.733. The minimum Gasteiger partial charge on any atom is -0.384 e. The van der Waals surface area contributed by atoms with Crippen LogP contribution in [0.5, 0.6) is 0 Å². The highest BCUT2D eigenvalue weighted by Crippen LogP contribution is 2.38. The Kier molecular flexibility index (Phi) is 3.75. The average molecular weight is 246 g/mol. The first-order valence-corrected chi connectivity index (χ1v) is 6.93. The molecule has 2 aliphatic rings. The van der Waals surface area contributed by atoms with Crippen molar-refractivity contribution in [3.63, 3.8) is 0 Å². The molecule has 1 N–H and O–H groups in total. The van der Waals surface area contributed by atoms with Crippen LogP contribution < -0.4 is 5.32 Å². The van der Waals surface area contributed by atoms with Gasteiger partial charge in [-0.2, -0.15) is 5.26 Å². The molecule has 0 radical (unpaired) electrons. The molecule has 0 spiro atoms. The summed E-state index contributed by atoms with van der Waals surface area (Å²) in [5.41, 5.74) is 0.600. The van der Waals surface area contributed by atoms with Gasteiger partial charge in [0.25, 0.3) is 0 Å². The van der Waals surface area contributed by atoms with E-state index in [4.69, 9.17) is 0 Å². The predicted molar refractivity (Wildman–Crippen MR) is 70.6 cm³/mol. The zero-order valence-corrected chi connectivity index (χ0v) is 11.3. The van der Waals surface area contributed by atoms with E-state index >= 15 is 0 Å². The van der Waals surface area contributed by atoms with E-state index in [1.165, 1.54) is 19.3 Å². The van der Waals surface area contributed by atoms with Crippen LogP contribution in [0.15, 0.2) is 11.8 Å². The van der Waals surface area contributed by atoms with E-state index < -0.39 is 0 Å². The summed E-state index contributed by atoms with van der Waals surface area (Å²) in [6, 6.07) is 2.82. The molecule has 0 aromatic rings. The lowest BCUT2D eigenvalue weighted by atomic mass is 9.70. The highest BCUT2D eigenvalue weighted by atomic mass is 16.1. The molecule has 1 saturated carbocycles. The van der Waals surface area contributed by atoms with E-state index in [-0.39, 0.29) is 17.1 Å². The van der Waals surface area contributed by atoms with Crippen LogP contribution in [0.25, 0.3) is 0 Å². The van der Waals surface area contributed by atoms with Gasteiger partial charge in [-0.3, -0.25) is 4.79 Å². The van der Waals surface area contributed by atoms with Gasteiger partial charge in [-0.15, -0.1) is 0 Å². The average Bonchev–Trinajstić information content (AvgIpc) is 2.28. The monoisotopic (exact) mass is 246 g/mol. The predicted octanol–water partition coefficient (Wildman–Crippen LogP) is 2.93. The number of ketones is 1. The molecule has 0 aromatic carbocycles. The van der Waals surface area contributed by atoms with Crippen molar-refractivity contribution in [1.82, 2.24) is 5.32 Å². The van der Waals surface area contributed by atoms with Crippen molar-refractivity contribution in [2.75, 3.05) is 0 Å². The van der Waals surface area contributed by atoms with E-state index in [9.17, 15) is 10.1 Å². The van der Waals surface area contributed by atoms with E-state index in [0.29, 0.717) is 12.5 Å². The second-order valence-corrected chi connectivity index (χ2v) is 6.27. The summed E-state index contributed by atoms with van der Waals surface area (Å²) >= 11 is 0. The van der Waals surface area contributed by atoms with Crippen molar-refractivity contribution in [3.05, 3.63) is 11.8 Å². The van der Waals surface area contributed by atoms with Crippen LogP contribution in [0.1, 0.15) is 52.4 Å². The molecule has 0 bridgehead atoms. The zero-order valence-electron chi connectivity index (χ0n) is 11.3. The number of carbonyl (C=O) groups excluding carboxylic acids is 1. The molecular formula is C15H22N2O. The first kappa shape index (κ1) is 13.1. The minimum absolute atomic E-state index is 0.143. The molecule has 3 nitrogen and oxygen atoms in total. The highest BCUT2D eigenvalue weighted by molar-refractivity contribution is 5.92. The number of rotatable bonds is 2. The molecule has 1 unspecified atom stereocenters. The molecule has 3 heteroatoms. The molecule has 18 heavy (non-hydrogen) atoms. The van der Waals surface area contributed by atoms with Gasteiger partial charge in [0.05, 0.1) is 12.0 Å². The number of allylic oxidation sites excluding steroid dienone is 2. The summed E-state index contributed by atoms with van der Waals surface area (Å²) in [5, 5.41) is 12.8. The Morgan fingerprint density at radius 1 is 1.33 bits per heavy atom. The number of nitrogens with zero attached hydrogens (tertiary/aromatic N) is 1. The van der Waals surface area contributed by atoms with Gasteiger partial charge in [0.15, 0.2) is 5.78 Å². The maximum absolute atomic E-state index is 11.8. The second kappa shape index (κ2) is 5.14. The molecule has 1 atom stereocenters. The van der Waals surface area contributed by atoms with Crippen molar-refractivity contribution in [2.24, 2.45) is 11.3 Å². The fourth-order valence-corrected chi connectivity index (χ4v) is 3.13. The van der Waals surface area contributed by atoms with Crippen molar-refractivity contribution in [3.8, 4) is 6.07 Å². The summed E-state index contributed by atoms with van der Waals surface area (Å²) in [6.07, 6.45) is 8.26. The lowest BCUT2D eigenvalue weighted by Crippen LogP contribution is -2.40. The Morgan fingerprint density at radius 2 is 2.00 bits per heavy atom. The quantitative estimate of drug-likeness (QED) is 0.815. The number of nitriles is 1. The van der Waals surface area contributed by atoms with Crippen molar-refractivity contribution in [1.29, 1.82) is 5.26 Å². The van der Waals surface area contributed by atoms with Gasteiger partial charge >= 0.3 is 0 Å². The molecule has 0 aliphatic heterocycles. The van der Waals surface area contributed by atoms with Crippen molar-refractivity contribution >= 4 is 5.78 Å².